The molecule has 0 spiro atoms. The van der Waals surface area contributed by atoms with Crippen LogP contribution in [0.15, 0.2) is 18.2 Å². The summed E-state index contributed by atoms with van der Waals surface area (Å²) in [6, 6.07) is 6.13. The molecule has 5 nitrogen and oxygen atoms in total. The number of methoxy groups -OCH3 is 1. The SMILES string of the molecule is COc1cc(N2CCCN(CCCN3CCCC3)CC2)ccc1N. The van der Waals surface area contributed by atoms with Crippen LogP contribution in [0.1, 0.15) is 25.7 Å². The average molecular weight is 332 g/mol. The maximum atomic E-state index is 5.93. The third kappa shape index (κ3) is 4.54. The van der Waals surface area contributed by atoms with Gasteiger partial charge in [0.05, 0.1) is 12.8 Å². The van der Waals surface area contributed by atoms with Crippen LogP contribution in [0, 0.1) is 0 Å². The van der Waals surface area contributed by atoms with Crippen molar-refractivity contribution in [3.05, 3.63) is 18.2 Å². The number of benzene rings is 1. The molecule has 2 saturated heterocycles. The molecule has 0 radical (unpaired) electrons. The van der Waals surface area contributed by atoms with Crippen LogP contribution in [-0.2, 0) is 0 Å². The second kappa shape index (κ2) is 8.58. The van der Waals surface area contributed by atoms with Crippen molar-refractivity contribution in [1.29, 1.82) is 0 Å². The number of likely N-dealkylation sites (tertiary alicyclic amines) is 1. The van der Waals surface area contributed by atoms with Gasteiger partial charge in [-0.05, 0) is 70.5 Å². The van der Waals surface area contributed by atoms with Crippen LogP contribution >= 0.6 is 0 Å². The number of anilines is 2. The van der Waals surface area contributed by atoms with E-state index in [2.05, 4.69) is 26.8 Å². The van der Waals surface area contributed by atoms with E-state index >= 15 is 0 Å². The van der Waals surface area contributed by atoms with E-state index in [-0.39, 0.29) is 0 Å². The van der Waals surface area contributed by atoms with Gasteiger partial charge in [0.15, 0.2) is 0 Å². The normalized spacial score (nSPS) is 20.3. The predicted molar refractivity (Wildman–Crippen MR) is 101 cm³/mol. The van der Waals surface area contributed by atoms with Crippen molar-refractivity contribution in [2.24, 2.45) is 0 Å². The number of rotatable bonds is 6. The fourth-order valence-corrected chi connectivity index (χ4v) is 3.87. The maximum Gasteiger partial charge on any atom is 0.143 e. The molecule has 0 amide bonds. The second-order valence-electron chi connectivity index (χ2n) is 7.01. The van der Waals surface area contributed by atoms with E-state index in [1.54, 1.807) is 7.11 Å². The van der Waals surface area contributed by atoms with Crippen molar-refractivity contribution in [3.8, 4) is 5.75 Å². The monoisotopic (exact) mass is 332 g/mol. The first-order chi connectivity index (χ1) is 11.8. The van der Waals surface area contributed by atoms with Crippen molar-refractivity contribution in [2.45, 2.75) is 25.7 Å². The molecule has 24 heavy (non-hydrogen) atoms. The van der Waals surface area contributed by atoms with Gasteiger partial charge in [0.2, 0.25) is 0 Å². The van der Waals surface area contributed by atoms with E-state index in [0.717, 1.165) is 25.4 Å². The summed E-state index contributed by atoms with van der Waals surface area (Å²) in [7, 11) is 1.68. The van der Waals surface area contributed by atoms with Gasteiger partial charge in [-0.1, -0.05) is 0 Å². The Morgan fingerprint density at radius 3 is 2.38 bits per heavy atom. The maximum absolute atomic E-state index is 5.93. The smallest absolute Gasteiger partial charge is 0.143 e. The highest BCUT2D eigenvalue weighted by Gasteiger charge is 2.17. The standard InChI is InChI=1S/C19H32N4O/c1-24-19-16-17(6-7-18(19)20)23-13-5-12-22(14-15-23)11-4-10-21-8-2-3-9-21/h6-7,16H,2-5,8-15,20H2,1H3. The lowest BCUT2D eigenvalue weighted by molar-refractivity contribution is 0.257. The highest BCUT2D eigenvalue weighted by molar-refractivity contribution is 5.62. The molecule has 2 aliphatic rings. The van der Waals surface area contributed by atoms with E-state index in [1.807, 2.05) is 6.07 Å². The first kappa shape index (κ1) is 17.4. The van der Waals surface area contributed by atoms with Gasteiger partial charge in [0.1, 0.15) is 5.75 Å². The van der Waals surface area contributed by atoms with Crippen LogP contribution in [0.2, 0.25) is 0 Å². The zero-order chi connectivity index (χ0) is 16.8. The molecule has 0 bridgehead atoms. The Labute approximate surface area is 146 Å². The van der Waals surface area contributed by atoms with E-state index in [4.69, 9.17) is 10.5 Å². The first-order valence-electron chi connectivity index (χ1n) is 9.39. The lowest BCUT2D eigenvalue weighted by Crippen LogP contribution is -2.33. The zero-order valence-electron chi connectivity index (χ0n) is 15.0. The Hall–Kier alpha value is -1.46. The first-order valence-corrected chi connectivity index (χ1v) is 9.39. The summed E-state index contributed by atoms with van der Waals surface area (Å²) in [4.78, 5) is 7.71. The Balaban J connectivity index is 1.47. The fraction of sp³-hybridized carbons (Fsp3) is 0.684. The molecule has 5 heteroatoms. The van der Waals surface area contributed by atoms with Gasteiger partial charge in [-0.2, -0.15) is 0 Å². The summed E-state index contributed by atoms with van der Waals surface area (Å²) in [5.74, 6) is 0.777. The van der Waals surface area contributed by atoms with Gasteiger partial charge in [-0.25, -0.2) is 0 Å². The van der Waals surface area contributed by atoms with Crippen molar-refractivity contribution in [2.75, 3.05) is 70.1 Å². The van der Waals surface area contributed by atoms with Crippen LogP contribution in [0.4, 0.5) is 11.4 Å². The van der Waals surface area contributed by atoms with Crippen molar-refractivity contribution < 1.29 is 4.74 Å². The molecule has 0 atom stereocenters. The summed E-state index contributed by atoms with van der Waals surface area (Å²) in [6.45, 7) is 9.67. The van der Waals surface area contributed by atoms with E-state index in [9.17, 15) is 0 Å². The van der Waals surface area contributed by atoms with Gasteiger partial charge in [-0.3, -0.25) is 0 Å². The lowest BCUT2D eigenvalue weighted by atomic mass is 10.2. The molecule has 1 aromatic rings. The van der Waals surface area contributed by atoms with Crippen LogP contribution < -0.4 is 15.4 Å². The highest BCUT2D eigenvalue weighted by Crippen LogP contribution is 2.28. The topological polar surface area (TPSA) is 45.0 Å². The van der Waals surface area contributed by atoms with Crippen molar-refractivity contribution in [1.82, 2.24) is 9.80 Å². The molecule has 0 saturated carbocycles. The predicted octanol–water partition coefficient (Wildman–Crippen LogP) is 2.28. The van der Waals surface area contributed by atoms with E-state index < -0.39 is 0 Å². The summed E-state index contributed by atoms with van der Waals surface area (Å²) in [5, 5.41) is 0. The molecule has 2 N–H and O–H groups in total. The lowest BCUT2D eigenvalue weighted by Gasteiger charge is -2.24. The minimum Gasteiger partial charge on any atom is -0.495 e. The summed E-state index contributed by atoms with van der Waals surface area (Å²) < 4.78 is 5.36. The molecular weight excluding hydrogens is 300 g/mol. The molecule has 0 unspecified atom stereocenters. The molecule has 2 fully saturated rings. The molecule has 1 aromatic carbocycles. The van der Waals surface area contributed by atoms with E-state index in [0.29, 0.717) is 5.69 Å². The molecule has 134 valence electrons. The number of nitrogens with zero attached hydrogens (tertiary/aromatic N) is 3. The third-order valence-electron chi connectivity index (χ3n) is 5.32. The number of nitrogen functional groups attached to an aromatic ring is 1. The number of nitrogens with two attached hydrogens (primary N) is 1. The van der Waals surface area contributed by atoms with Crippen LogP contribution in [-0.4, -0.2) is 69.3 Å². The van der Waals surface area contributed by atoms with Crippen molar-refractivity contribution in [3.63, 3.8) is 0 Å². The fourth-order valence-electron chi connectivity index (χ4n) is 3.87. The Bertz CT molecular complexity index is 516. The van der Waals surface area contributed by atoms with Crippen molar-refractivity contribution >= 4 is 11.4 Å². The Kier molecular flexibility index (Phi) is 6.21. The summed E-state index contributed by atoms with van der Waals surface area (Å²) in [6.07, 6.45) is 5.31. The number of hydrogen-bond acceptors (Lipinski definition) is 5. The average Bonchev–Trinajstić information content (AvgIpc) is 3.00. The van der Waals surface area contributed by atoms with Crippen LogP contribution in [0.25, 0.3) is 0 Å². The molecule has 0 aliphatic carbocycles. The minimum atomic E-state index is 0.708. The van der Waals surface area contributed by atoms with Crippen LogP contribution in [0.5, 0.6) is 5.75 Å². The number of hydrogen-bond donors (Lipinski definition) is 1. The summed E-state index contributed by atoms with van der Waals surface area (Å²) >= 11 is 0. The van der Waals surface area contributed by atoms with Gasteiger partial charge >= 0.3 is 0 Å². The minimum absolute atomic E-state index is 0.708. The highest BCUT2D eigenvalue weighted by atomic mass is 16.5. The van der Waals surface area contributed by atoms with E-state index in [1.165, 1.54) is 64.1 Å². The molecule has 0 aromatic heterocycles. The molecule has 3 rings (SSSR count). The zero-order valence-corrected chi connectivity index (χ0v) is 15.0. The Morgan fingerprint density at radius 1 is 0.917 bits per heavy atom. The third-order valence-corrected chi connectivity index (χ3v) is 5.32. The molecule has 2 heterocycles. The molecular formula is C19H32N4O. The quantitative estimate of drug-likeness (QED) is 0.810. The molecule has 2 aliphatic heterocycles. The number of ether oxygens (including phenoxy) is 1. The largest absolute Gasteiger partial charge is 0.495 e. The van der Waals surface area contributed by atoms with Crippen LogP contribution in [0.3, 0.4) is 0 Å². The van der Waals surface area contributed by atoms with Gasteiger partial charge in [0.25, 0.3) is 0 Å². The Morgan fingerprint density at radius 2 is 1.62 bits per heavy atom. The second-order valence-corrected chi connectivity index (χ2v) is 7.01. The van der Waals surface area contributed by atoms with Gasteiger partial charge in [0, 0.05) is 31.4 Å². The van der Waals surface area contributed by atoms with Gasteiger partial charge < -0.3 is 25.2 Å². The summed E-state index contributed by atoms with van der Waals surface area (Å²) in [5.41, 5.74) is 7.86. The van der Waals surface area contributed by atoms with Gasteiger partial charge in [-0.15, -0.1) is 0 Å².